The zero-order valence-electron chi connectivity index (χ0n) is 17.4. The number of hydrogen-bond donors (Lipinski definition) is 1. The Labute approximate surface area is 187 Å². The fourth-order valence-corrected chi connectivity index (χ4v) is 7.24. The van der Waals surface area contributed by atoms with Gasteiger partial charge in [-0.2, -0.15) is 0 Å². The van der Waals surface area contributed by atoms with E-state index in [4.69, 9.17) is 4.74 Å². The predicted octanol–water partition coefficient (Wildman–Crippen LogP) is 3.56. The highest BCUT2D eigenvalue weighted by Crippen LogP contribution is 2.39. The van der Waals surface area contributed by atoms with Crippen molar-refractivity contribution in [3.8, 4) is 0 Å². The summed E-state index contributed by atoms with van der Waals surface area (Å²) in [6, 6.07) is 0. The van der Waals surface area contributed by atoms with Crippen molar-refractivity contribution in [1.82, 2.24) is 9.55 Å². The molecule has 31 heavy (non-hydrogen) atoms. The molecule has 0 spiro atoms. The first-order chi connectivity index (χ1) is 15.0. The lowest BCUT2D eigenvalue weighted by Gasteiger charge is -2.17. The van der Waals surface area contributed by atoms with Gasteiger partial charge in [-0.3, -0.25) is 14.2 Å². The maximum absolute atomic E-state index is 13.1. The van der Waals surface area contributed by atoms with Crippen LogP contribution < -0.4 is 10.9 Å². The Hall–Kier alpha value is -2.52. The molecule has 0 fully saturated rings. The fraction of sp³-hybridized carbons (Fsp3) is 0.455. The van der Waals surface area contributed by atoms with Gasteiger partial charge in [-0.05, 0) is 55.6 Å². The molecule has 1 atom stereocenters. The topological polar surface area (TPSA) is 90.3 Å². The zero-order valence-corrected chi connectivity index (χ0v) is 19.1. The number of carbonyl (C=O) groups excluding carboxylic acids is 2. The van der Waals surface area contributed by atoms with Gasteiger partial charge in [0.05, 0.1) is 24.4 Å². The SMILES string of the molecule is COC(=O)c1c(NC(=O)Cn2cnc3sc4c(c3c2=O)CC[C@H](C)C4)sc2c1CCC2. The van der Waals surface area contributed by atoms with Crippen molar-refractivity contribution in [3.63, 3.8) is 0 Å². The Kier molecular flexibility index (Phi) is 5.18. The van der Waals surface area contributed by atoms with E-state index < -0.39 is 5.97 Å². The van der Waals surface area contributed by atoms with E-state index >= 15 is 0 Å². The van der Waals surface area contributed by atoms with Crippen LogP contribution in [0.4, 0.5) is 5.00 Å². The number of amides is 1. The van der Waals surface area contributed by atoms with Crippen LogP contribution in [0.25, 0.3) is 10.2 Å². The van der Waals surface area contributed by atoms with Crippen LogP contribution in [-0.2, 0) is 41.8 Å². The molecule has 0 aliphatic heterocycles. The Morgan fingerprint density at radius 3 is 2.87 bits per heavy atom. The normalized spacial score (nSPS) is 17.4. The molecule has 1 amide bonds. The van der Waals surface area contributed by atoms with Gasteiger partial charge >= 0.3 is 5.97 Å². The van der Waals surface area contributed by atoms with Gasteiger partial charge in [0.25, 0.3) is 5.56 Å². The molecule has 9 heteroatoms. The summed E-state index contributed by atoms with van der Waals surface area (Å²) in [6.07, 6.45) is 7.10. The van der Waals surface area contributed by atoms with Crippen molar-refractivity contribution in [1.29, 1.82) is 0 Å². The van der Waals surface area contributed by atoms with Crippen LogP contribution in [0.15, 0.2) is 11.1 Å². The summed E-state index contributed by atoms with van der Waals surface area (Å²) in [4.78, 5) is 45.8. The lowest BCUT2D eigenvalue weighted by molar-refractivity contribution is -0.116. The number of carbonyl (C=O) groups is 2. The Balaban J connectivity index is 1.42. The van der Waals surface area contributed by atoms with Gasteiger partial charge in [-0.1, -0.05) is 6.92 Å². The van der Waals surface area contributed by atoms with E-state index in [0.717, 1.165) is 59.4 Å². The van der Waals surface area contributed by atoms with Crippen molar-refractivity contribution in [2.24, 2.45) is 5.92 Å². The summed E-state index contributed by atoms with van der Waals surface area (Å²) < 4.78 is 6.29. The van der Waals surface area contributed by atoms with Gasteiger partial charge in [-0.15, -0.1) is 22.7 Å². The smallest absolute Gasteiger partial charge is 0.341 e. The minimum atomic E-state index is -0.436. The molecule has 3 aromatic heterocycles. The molecule has 3 aromatic rings. The first-order valence-corrected chi connectivity index (χ1v) is 12.1. The molecule has 0 saturated heterocycles. The van der Waals surface area contributed by atoms with E-state index in [0.29, 0.717) is 21.9 Å². The molecular weight excluding hydrogens is 434 g/mol. The van der Waals surface area contributed by atoms with E-state index in [-0.39, 0.29) is 18.0 Å². The maximum Gasteiger partial charge on any atom is 0.341 e. The number of anilines is 1. The molecule has 2 aliphatic carbocycles. The Bertz CT molecular complexity index is 1270. The highest BCUT2D eigenvalue weighted by Gasteiger charge is 2.28. The lowest BCUT2D eigenvalue weighted by Crippen LogP contribution is -2.28. The van der Waals surface area contributed by atoms with Crippen LogP contribution in [0.5, 0.6) is 0 Å². The summed E-state index contributed by atoms with van der Waals surface area (Å²) in [5, 5.41) is 4.00. The standard InChI is InChI=1S/C22H23N3O4S2/c1-11-6-7-13-15(8-11)31-19-17(13)21(27)25(10-23-19)9-16(26)24-20-18(22(28)29-2)12-4-3-5-14(12)30-20/h10-11H,3-9H2,1-2H3,(H,24,26)/t11-/m0/s1. The fourth-order valence-electron chi connectivity index (χ4n) is 4.61. The molecule has 0 unspecified atom stereocenters. The number of aromatic nitrogens is 2. The van der Waals surface area contributed by atoms with Gasteiger partial charge in [0, 0.05) is 9.75 Å². The third-order valence-corrected chi connectivity index (χ3v) is 8.53. The lowest BCUT2D eigenvalue weighted by atomic mass is 9.89. The number of thiophene rings is 2. The van der Waals surface area contributed by atoms with Gasteiger partial charge < -0.3 is 10.1 Å². The summed E-state index contributed by atoms with van der Waals surface area (Å²) in [7, 11) is 1.34. The molecule has 0 radical (unpaired) electrons. The minimum Gasteiger partial charge on any atom is -0.465 e. The number of fused-ring (bicyclic) bond motifs is 4. The summed E-state index contributed by atoms with van der Waals surface area (Å²) >= 11 is 3.02. The van der Waals surface area contributed by atoms with E-state index in [1.165, 1.54) is 34.2 Å². The third kappa shape index (κ3) is 3.49. The zero-order chi connectivity index (χ0) is 21.7. The van der Waals surface area contributed by atoms with Crippen molar-refractivity contribution in [3.05, 3.63) is 43.1 Å². The molecule has 1 N–H and O–H groups in total. The van der Waals surface area contributed by atoms with E-state index in [2.05, 4.69) is 17.2 Å². The van der Waals surface area contributed by atoms with Crippen molar-refractivity contribution >= 4 is 49.8 Å². The average Bonchev–Trinajstić information content (AvgIpc) is 3.41. The minimum absolute atomic E-state index is 0.147. The maximum atomic E-state index is 13.1. The highest BCUT2D eigenvalue weighted by atomic mass is 32.1. The molecule has 0 bridgehead atoms. The summed E-state index contributed by atoms with van der Waals surface area (Å²) in [6.45, 7) is 2.08. The van der Waals surface area contributed by atoms with Crippen LogP contribution in [-0.4, -0.2) is 28.5 Å². The quantitative estimate of drug-likeness (QED) is 0.605. The third-order valence-electron chi connectivity index (χ3n) is 6.16. The van der Waals surface area contributed by atoms with Crippen molar-refractivity contribution < 1.29 is 14.3 Å². The number of nitrogens with one attached hydrogen (secondary N) is 1. The van der Waals surface area contributed by atoms with Gasteiger partial charge in [0.2, 0.25) is 5.91 Å². The summed E-state index contributed by atoms with van der Waals surface area (Å²) in [5.74, 6) is -0.176. The van der Waals surface area contributed by atoms with E-state index in [1.54, 1.807) is 11.3 Å². The molecule has 3 heterocycles. The second-order valence-electron chi connectivity index (χ2n) is 8.31. The molecule has 5 rings (SSSR count). The second-order valence-corrected chi connectivity index (χ2v) is 10.5. The average molecular weight is 458 g/mol. The van der Waals surface area contributed by atoms with Gasteiger partial charge in [0.1, 0.15) is 16.4 Å². The molecule has 162 valence electrons. The van der Waals surface area contributed by atoms with Crippen LogP contribution >= 0.6 is 22.7 Å². The number of nitrogens with zero attached hydrogens (tertiary/aromatic N) is 2. The van der Waals surface area contributed by atoms with Gasteiger partial charge in [0.15, 0.2) is 0 Å². The van der Waals surface area contributed by atoms with Crippen LogP contribution in [0.3, 0.4) is 0 Å². The van der Waals surface area contributed by atoms with Crippen LogP contribution in [0.2, 0.25) is 0 Å². The number of esters is 1. The molecule has 0 saturated carbocycles. The number of methoxy groups -OCH3 is 1. The van der Waals surface area contributed by atoms with Crippen LogP contribution in [0.1, 0.15) is 51.0 Å². The molecule has 0 aromatic carbocycles. The monoisotopic (exact) mass is 457 g/mol. The number of aryl methyl sites for hydroxylation is 2. The first kappa shape index (κ1) is 20.4. The number of hydrogen-bond acceptors (Lipinski definition) is 7. The van der Waals surface area contributed by atoms with Crippen molar-refractivity contribution in [2.75, 3.05) is 12.4 Å². The highest BCUT2D eigenvalue weighted by molar-refractivity contribution is 7.18. The second kappa shape index (κ2) is 7.87. The summed E-state index contributed by atoms with van der Waals surface area (Å²) in [5.41, 5.74) is 2.36. The number of ether oxygens (including phenoxy) is 1. The largest absolute Gasteiger partial charge is 0.465 e. The molecule has 2 aliphatic rings. The van der Waals surface area contributed by atoms with E-state index in [1.807, 2.05) is 0 Å². The van der Waals surface area contributed by atoms with Crippen LogP contribution in [0, 0.1) is 5.92 Å². The van der Waals surface area contributed by atoms with E-state index in [9.17, 15) is 14.4 Å². The molecular formula is C22H23N3O4S2. The first-order valence-electron chi connectivity index (χ1n) is 10.5. The van der Waals surface area contributed by atoms with Crippen molar-refractivity contribution in [2.45, 2.75) is 52.0 Å². The predicted molar refractivity (Wildman–Crippen MR) is 121 cm³/mol. The number of rotatable bonds is 4. The Morgan fingerprint density at radius 2 is 2.06 bits per heavy atom. The Morgan fingerprint density at radius 1 is 1.23 bits per heavy atom. The van der Waals surface area contributed by atoms with Gasteiger partial charge in [-0.25, -0.2) is 9.78 Å². The molecule has 7 nitrogen and oxygen atoms in total.